The SMILES string of the molecule is O=c1[nH]c2nc(NC[C@H]3CCCO3)ncc2c(=O)n1-c1cccc(F)c1. The van der Waals surface area contributed by atoms with Crippen LogP contribution in [0.3, 0.4) is 0 Å². The first-order valence-electron chi connectivity index (χ1n) is 8.25. The van der Waals surface area contributed by atoms with Gasteiger partial charge in [0.05, 0.1) is 11.8 Å². The zero-order valence-electron chi connectivity index (χ0n) is 13.7. The number of anilines is 1. The van der Waals surface area contributed by atoms with E-state index in [1.165, 1.54) is 24.4 Å². The Morgan fingerprint density at radius 2 is 2.27 bits per heavy atom. The normalized spacial score (nSPS) is 16.9. The molecule has 0 aliphatic carbocycles. The van der Waals surface area contributed by atoms with Gasteiger partial charge in [-0.2, -0.15) is 4.98 Å². The number of H-pyrrole nitrogens is 1. The number of rotatable bonds is 4. The maximum absolute atomic E-state index is 13.4. The summed E-state index contributed by atoms with van der Waals surface area (Å²) in [5.74, 6) is -0.245. The third kappa shape index (κ3) is 3.08. The van der Waals surface area contributed by atoms with Crippen molar-refractivity contribution in [1.29, 1.82) is 0 Å². The van der Waals surface area contributed by atoms with Gasteiger partial charge in [-0.25, -0.2) is 18.7 Å². The smallest absolute Gasteiger partial charge is 0.334 e. The molecule has 0 bridgehead atoms. The Kier molecular flexibility index (Phi) is 4.21. The molecule has 0 unspecified atom stereocenters. The van der Waals surface area contributed by atoms with Crippen LogP contribution < -0.4 is 16.6 Å². The highest BCUT2D eigenvalue weighted by atomic mass is 19.1. The Bertz CT molecular complexity index is 1070. The number of halogens is 1. The van der Waals surface area contributed by atoms with Crippen LogP contribution in [-0.4, -0.2) is 38.8 Å². The molecule has 134 valence electrons. The highest BCUT2D eigenvalue weighted by Gasteiger charge is 2.16. The van der Waals surface area contributed by atoms with Crippen molar-refractivity contribution in [2.24, 2.45) is 0 Å². The summed E-state index contributed by atoms with van der Waals surface area (Å²) in [6, 6.07) is 5.25. The number of hydrogen-bond donors (Lipinski definition) is 2. The van der Waals surface area contributed by atoms with Gasteiger partial charge in [-0.1, -0.05) is 6.07 Å². The van der Waals surface area contributed by atoms with Gasteiger partial charge in [-0.15, -0.1) is 0 Å². The van der Waals surface area contributed by atoms with Crippen LogP contribution in [0.5, 0.6) is 0 Å². The molecule has 2 N–H and O–H groups in total. The van der Waals surface area contributed by atoms with E-state index in [1.54, 1.807) is 0 Å². The average molecular weight is 357 g/mol. The minimum atomic E-state index is -0.697. The number of aromatic amines is 1. The Morgan fingerprint density at radius 1 is 1.38 bits per heavy atom. The number of fused-ring (bicyclic) bond motifs is 1. The van der Waals surface area contributed by atoms with Gasteiger partial charge in [-0.05, 0) is 31.0 Å². The molecular formula is C17H16FN5O3. The van der Waals surface area contributed by atoms with Gasteiger partial charge in [0.15, 0.2) is 5.65 Å². The Labute approximate surface area is 146 Å². The van der Waals surface area contributed by atoms with Gasteiger partial charge in [0.2, 0.25) is 5.95 Å². The molecule has 3 heterocycles. The minimum absolute atomic E-state index is 0.106. The largest absolute Gasteiger partial charge is 0.376 e. The number of ether oxygens (including phenoxy) is 1. The predicted octanol–water partition coefficient (Wildman–Crippen LogP) is 1.20. The van der Waals surface area contributed by atoms with Gasteiger partial charge in [0.1, 0.15) is 11.2 Å². The van der Waals surface area contributed by atoms with E-state index in [9.17, 15) is 14.0 Å². The molecule has 9 heteroatoms. The minimum Gasteiger partial charge on any atom is -0.376 e. The van der Waals surface area contributed by atoms with Crippen molar-refractivity contribution in [3.63, 3.8) is 0 Å². The van der Waals surface area contributed by atoms with Gasteiger partial charge >= 0.3 is 5.69 Å². The summed E-state index contributed by atoms with van der Waals surface area (Å²) in [4.78, 5) is 35.8. The van der Waals surface area contributed by atoms with E-state index in [4.69, 9.17) is 4.74 Å². The van der Waals surface area contributed by atoms with Crippen molar-refractivity contribution in [2.45, 2.75) is 18.9 Å². The van der Waals surface area contributed by atoms with E-state index in [-0.39, 0.29) is 22.8 Å². The van der Waals surface area contributed by atoms with Crippen LogP contribution in [0.4, 0.5) is 10.3 Å². The molecule has 26 heavy (non-hydrogen) atoms. The fraction of sp³-hybridized carbons (Fsp3) is 0.294. The zero-order valence-corrected chi connectivity index (χ0v) is 13.7. The summed E-state index contributed by atoms with van der Waals surface area (Å²) < 4.78 is 19.8. The topological polar surface area (TPSA) is 102 Å². The molecule has 0 spiro atoms. The monoisotopic (exact) mass is 357 g/mol. The van der Waals surface area contributed by atoms with Crippen LogP contribution in [0.15, 0.2) is 40.1 Å². The fourth-order valence-electron chi connectivity index (χ4n) is 2.95. The summed E-state index contributed by atoms with van der Waals surface area (Å²) in [7, 11) is 0. The van der Waals surface area contributed by atoms with Crippen molar-refractivity contribution in [3.05, 3.63) is 57.1 Å². The molecule has 1 saturated heterocycles. The van der Waals surface area contributed by atoms with E-state index >= 15 is 0 Å². The number of aromatic nitrogens is 4. The number of hydrogen-bond acceptors (Lipinski definition) is 6. The van der Waals surface area contributed by atoms with E-state index in [2.05, 4.69) is 20.3 Å². The lowest BCUT2D eigenvalue weighted by atomic mass is 10.2. The maximum Gasteiger partial charge on any atom is 0.334 e. The summed E-state index contributed by atoms with van der Waals surface area (Å²) in [6.07, 6.45) is 3.44. The van der Waals surface area contributed by atoms with Gasteiger partial charge < -0.3 is 10.1 Å². The van der Waals surface area contributed by atoms with Crippen LogP contribution in [0.25, 0.3) is 16.7 Å². The molecule has 1 aliphatic rings. The molecule has 0 saturated carbocycles. The van der Waals surface area contributed by atoms with Gasteiger partial charge in [0.25, 0.3) is 5.56 Å². The molecule has 8 nitrogen and oxygen atoms in total. The third-order valence-corrected chi connectivity index (χ3v) is 4.23. The molecule has 3 aromatic rings. The van der Waals surface area contributed by atoms with Crippen molar-refractivity contribution in [3.8, 4) is 5.69 Å². The highest BCUT2D eigenvalue weighted by Crippen LogP contribution is 2.13. The lowest BCUT2D eigenvalue weighted by Crippen LogP contribution is -2.34. The third-order valence-electron chi connectivity index (χ3n) is 4.23. The first-order chi connectivity index (χ1) is 12.6. The lowest BCUT2D eigenvalue weighted by molar-refractivity contribution is 0.120. The highest BCUT2D eigenvalue weighted by molar-refractivity contribution is 5.73. The molecule has 1 atom stereocenters. The van der Waals surface area contributed by atoms with Crippen molar-refractivity contribution >= 4 is 17.0 Å². The number of benzene rings is 1. The molecule has 2 aromatic heterocycles. The first kappa shape index (κ1) is 16.4. The van der Waals surface area contributed by atoms with E-state index in [0.717, 1.165) is 30.1 Å². The Hall–Kier alpha value is -3.07. The van der Waals surface area contributed by atoms with Crippen LogP contribution >= 0.6 is 0 Å². The van der Waals surface area contributed by atoms with Crippen LogP contribution in [0, 0.1) is 5.82 Å². The molecular weight excluding hydrogens is 341 g/mol. The quantitative estimate of drug-likeness (QED) is 0.727. The van der Waals surface area contributed by atoms with E-state index in [0.29, 0.717) is 12.5 Å². The van der Waals surface area contributed by atoms with Crippen molar-refractivity contribution < 1.29 is 9.13 Å². The number of nitrogens with one attached hydrogen (secondary N) is 2. The Morgan fingerprint density at radius 3 is 3.04 bits per heavy atom. The first-order valence-corrected chi connectivity index (χ1v) is 8.25. The molecule has 1 fully saturated rings. The molecule has 0 amide bonds. The Balaban J connectivity index is 1.71. The van der Waals surface area contributed by atoms with E-state index < -0.39 is 17.1 Å². The van der Waals surface area contributed by atoms with Gasteiger partial charge in [-0.3, -0.25) is 9.78 Å². The molecule has 4 rings (SSSR count). The summed E-state index contributed by atoms with van der Waals surface area (Å²) in [6.45, 7) is 1.30. The average Bonchev–Trinajstić information content (AvgIpc) is 3.13. The molecule has 1 aliphatic heterocycles. The second kappa shape index (κ2) is 6.68. The predicted molar refractivity (Wildman–Crippen MR) is 93.2 cm³/mol. The summed E-state index contributed by atoms with van der Waals surface area (Å²) in [5.41, 5.74) is -1.05. The maximum atomic E-state index is 13.4. The lowest BCUT2D eigenvalue weighted by Gasteiger charge is -2.11. The van der Waals surface area contributed by atoms with Crippen molar-refractivity contribution in [2.75, 3.05) is 18.5 Å². The summed E-state index contributed by atoms with van der Waals surface area (Å²) in [5, 5.41) is 3.18. The van der Waals surface area contributed by atoms with Crippen molar-refractivity contribution in [1.82, 2.24) is 19.5 Å². The fourth-order valence-corrected chi connectivity index (χ4v) is 2.95. The second-order valence-electron chi connectivity index (χ2n) is 6.02. The second-order valence-corrected chi connectivity index (χ2v) is 6.02. The standard InChI is InChI=1S/C17H16FN5O3/c18-10-3-1-4-11(7-10)23-15(24)13-9-20-16(21-14(13)22-17(23)25)19-8-12-5-2-6-26-12/h1,3-4,7,9,12H,2,5-6,8H2,(H2,19,20,21,22,25)/t12-/m1/s1. The molecule has 0 radical (unpaired) electrons. The van der Waals surface area contributed by atoms with Crippen LogP contribution in [0.1, 0.15) is 12.8 Å². The van der Waals surface area contributed by atoms with Gasteiger partial charge in [0, 0.05) is 19.3 Å². The van der Waals surface area contributed by atoms with Crippen LogP contribution in [0.2, 0.25) is 0 Å². The zero-order chi connectivity index (χ0) is 18.1. The molecule has 1 aromatic carbocycles. The number of nitrogens with zero attached hydrogens (tertiary/aromatic N) is 3. The van der Waals surface area contributed by atoms with E-state index in [1.807, 2.05) is 0 Å². The summed E-state index contributed by atoms with van der Waals surface area (Å²) >= 11 is 0. The van der Waals surface area contributed by atoms with Crippen LogP contribution in [-0.2, 0) is 4.74 Å².